The highest BCUT2D eigenvalue weighted by molar-refractivity contribution is 7.95. The molecule has 0 unspecified atom stereocenters. The summed E-state index contributed by atoms with van der Waals surface area (Å²) in [5, 5.41) is 8.19. The zero-order valence-corrected chi connectivity index (χ0v) is 13.4. The van der Waals surface area contributed by atoms with E-state index in [1.54, 1.807) is 0 Å². The van der Waals surface area contributed by atoms with E-state index < -0.39 is 19.9 Å². The molecule has 0 aromatic carbocycles. The van der Waals surface area contributed by atoms with E-state index in [-0.39, 0.29) is 32.6 Å². The largest absolute Gasteiger partial charge is 0.310 e. The Morgan fingerprint density at radius 3 is 2.68 bits per heavy atom. The summed E-state index contributed by atoms with van der Waals surface area (Å²) in [6, 6.07) is 1.25. The first-order valence-electron chi connectivity index (χ1n) is 5.38. The Morgan fingerprint density at radius 2 is 2.16 bits per heavy atom. The molecule has 0 radical (unpaired) electrons. The van der Waals surface area contributed by atoms with Gasteiger partial charge in [0.05, 0.1) is 5.75 Å². The average molecular weight is 347 g/mol. The van der Waals surface area contributed by atoms with Crippen LogP contribution in [0, 0.1) is 0 Å². The molecule has 0 saturated carbocycles. The Kier molecular flexibility index (Phi) is 5.03. The van der Waals surface area contributed by atoms with Crippen molar-refractivity contribution in [3.05, 3.63) is 11.6 Å². The standard InChI is InChI=1S/C9H14N2O4S3.ClH/c1-2-11-7-3-4-17(12,13)9-6(7)5-8(16-9)18(10,14)15;/h5,7,11H,2-4H2,1H3,(H2,10,14,15);1H/t7-;/m0./s1. The van der Waals surface area contributed by atoms with E-state index in [2.05, 4.69) is 5.32 Å². The van der Waals surface area contributed by atoms with Gasteiger partial charge in [-0.1, -0.05) is 6.92 Å². The van der Waals surface area contributed by atoms with Gasteiger partial charge in [-0.15, -0.1) is 23.7 Å². The van der Waals surface area contributed by atoms with E-state index in [4.69, 9.17) is 5.14 Å². The lowest BCUT2D eigenvalue weighted by molar-refractivity contribution is 0.509. The number of hydrogen-bond acceptors (Lipinski definition) is 6. The van der Waals surface area contributed by atoms with Gasteiger partial charge >= 0.3 is 0 Å². The lowest BCUT2D eigenvalue weighted by atomic mass is 10.1. The number of nitrogens with one attached hydrogen (secondary N) is 1. The van der Waals surface area contributed by atoms with Crippen molar-refractivity contribution < 1.29 is 16.8 Å². The monoisotopic (exact) mass is 346 g/mol. The number of nitrogens with two attached hydrogens (primary N) is 1. The van der Waals surface area contributed by atoms with Crippen LogP contribution in [0.5, 0.6) is 0 Å². The number of hydrogen-bond donors (Lipinski definition) is 2. The van der Waals surface area contributed by atoms with Crippen molar-refractivity contribution in [2.75, 3.05) is 12.3 Å². The quantitative estimate of drug-likeness (QED) is 0.835. The van der Waals surface area contributed by atoms with Gasteiger partial charge in [-0.2, -0.15) is 0 Å². The van der Waals surface area contributed by atoms with Crippen LogP contribution in [0.1, 0.15) is 24.9 Å². The predicted octanol–water partition coefficient (Wildman–Crippen LogP) is 0.645. The van der Waals surface area contributed by atoms with E-state index in [1.807, 2.05) is 6.92 Å². The SMILES string of the molecule is CCN[C@H]1CCS(=O)(=O)c2sc(S(N)(=O)=O)cc21.Cl. The van der Waals surface area contributed by atoms with Gasteiger partial charge in [-0.25, -0.2) is 22.0 Å². The third-order valence-electron chi connectivity index (χ3n) is 2.77. The summed E-state index contributed by atoms with van der Waals surface area (Å²) < 4.78 is 46.5. The van der Waals surface area contributed by atoms with Gasteiger partial charge in [0.15, 0.2) is 9.84 Å². The summed E-state index contributed by atoms with van der Waals surface area (Å²) in [6.07, 6.45) is 0.448. The normalized spacial score (nSPS) is 21.5. The van der Waals surface area contributed by atoms with Gasteiger partial charge in [0.25, 0.3) is 0 Å². The maximum atomic E-state index is 11.9. The van der Waals surface area contributed by atoms with Crippen LogP contribution < -0.4 is 10.5 Å². The highest BCUT2D eigenvalue weighted by Crippen LogP contribution is 2.39. The summed E-state index contributed by atoms with van der Waals surface area (Å²) in [7, 11) is -7.23. The molecule has 0 fully saturated rings. The Hall–Kier alpha value is -0.190. The molecule has 1 aromatic rings. The summed E-state index contributed by atoms with van der Waals surface area (Å²) >= 11 is 0.738. The van der Waals surface area contributed by atoms with Crippen molar-refractivity contribution in [1.29, 1.82) is 0 Å². The van der Waals surface area contributed by atoms with Crippen LogP contribution in [0.15, 0.2) is 14.5 Å². The number of primary sulfonamides is 1. The van der Waals surface area contributed by atoms with E-state index in [1.165, 1.54) is 6.07 Å². The number of thiophene rings is 1. The highest BCUT2D eigenvalue weighted by Gasteiger charge is 2.34. The molecule has 1 aliphatic heterocycles. The number of halogens is 1. The van der Waals surface area contributed by atoms with Crippen LogP contribution in [-0.4, -0.2) is 29.1 Å². The first-order valence-corrected chi connectivity index (χ1v) is 9.40. The molecule has 0 amide bonds. The molecule has 0 aliphatic carbocycles. The van der Waals surface area contributed by atoms with Crippen LogP contribution in [0.3, 0.4) is 0 Å². The minimum Gasteiger partial charge on any atom is -0.310 e. The van der Waals surface area contributed by atoms with Gasteiger partial charge in [-0.3, -0.25) is 0 Å². The number of fused-ring (bicyclic) bond motifs is 1. The molecule has 6 nitrogen and oxygen atoms in total. The smallest absolute Gasteiger partial charge is 0.247 e. The molecule has 3 N–H and O–H groups in total. The minimum absolute atomic E-state index is 0. The molecule has 1 aromatic heterocycles. The van der Waals surface area contributed by atoms with Crippen LogP contribution in [0.2, 0.25) is 0 Å². The average Bonchev–Trinajstić information content (AvgIpc) is 2.68. The molecule has 19 heavy (non-hydrogen) atoms. The van der Waals surface area contributed by atoms with E-state index in [0.717, 1.165) is 11.3 Å². The van der Waals surface area contributed by atoms with Crippen molar-refractivity contribution in [2.24, 2.45) is 5.14 Å². The summed E-state index contributed by atoms with van der Waals surface area (Å²) in [6.45, 7) is 2.60. The zero-order valence-electron chi connectivity index (χ0n) is 10.1. The summed E-state index contributed by atoms with van der Waals surface area (Å²) in [5.41, 5.74) is 0.525. The lowest BCUT2D eigenvalue weighted by Gasteiger charge is -2.22. The maximum absolute atomic E-state index is 11.9. The molecule has 1 aliphatic rings. The molecule has 0 saturated heterocycles. The van der Waals surface area contributed by atoms with Crippen molar-refractivity contribution in [2.45, 2.75) is 27.8 Å². The summed E-state index contributed by atoms with van der Waals surface area (Å²) in [5.74, 6) is 0.0300. The molecule has 110 valence electrons. The molecule has 2 rings (SSSR count). The van der Waals surface area contributed by atoms with Gasteiger partial charge in [-0.05, 0) is 19.0 Å². The molecular formula is C9H15ClN2O4S3. The van der Waals surface area contributed by atoms with Gasteiger partial charge < -0.3 is 5.32 Å². The number of sulfonamides is 1. The van der Waals surface area contributed by atoms with E-state index in [0.29, 0.717) is 18.5 Å². The Bertz CT molecular complexity index is 666. The zero-order chi connectivity index (χ0) is 13.6. The Labute approximate surface area is 122 Å². The second-order valence-electron chi connectivity index (χ2n) is 4.07. The third kappa shape index (κ3) is 3.29. The fourth-order valence-corrected chi connectivity index (χ4v) is 6.14. The molecule has 0 bridgehead atoms. The first-order chi connectivity index (χ1) is 8.25. The van der Waals surface area contributed by atoms with Crippen molar-refractivity contribution in [3.8, 4) is 0 Å². The summed E-state index contributed by atoms with van der Waals surface area (Å²) in [4.78, 5) is 0. The van der Waals surface area contributed by atoms with Crippen LogP contribution in [0.25, 0.3) is 0 Å². The first kappa shape index (κ1) is 16.9. The minimum atomic E-state index is -3.86. The number of rotatable bonds is 3. The van der Waals surface area contributed by atoms with Crippen LogP contribution in [0.4, 0.5) is 0 Å². The van der Waals surface area contributed by atoms with Crippen molar-refractivity contribution in [3.63, 3.8) is 0 Å². The van der Waals surface area contributed by atoms with Crippen LogP contribution >= 0.6 is 23.7 Å². The molecule has 2 heterocycles. The predicted molar refractivity (Wildman–Crippen MR) is 76.0 cm³/mol. The fourth-order valence-electron chi connectivity index (χ4n) is 1.97. The molecule has 0 spiro atoms. The highest BCUT2D eigenvalue weighted by atomic mass is 35.5. The third-order valence-corrected chi connectivity index (χ3v) is 7.72. The van der Waals surface area contributed by atoms with Crippen molar-refractivity contribution >= 4 is 43.6 Å². The van der Waals surface area contributed by atoms with E-state index in [9.17, 15) is 16.8 Å². The van der Waals surface area contributed by atoms with Crippen molar-refractivity contribution in [1.82, 2.24) is 5.32 Å². The molecular weight excluding hydrogens is 332 g/mol. The van der Waals surface area contributed by atoms with E-state index >= 15 is 0 Å². The lowest BCUT2D eigenvalue weighted by Crippen LogP contribution is -2.28. The molecule has 10 heteroatoms. The van der Waals surface area contributed by atoms with Gasteiger partial charge in [0, 0.05) is 11.6 Å². The second-order valence-corrected chi connectivity index (χ2v) is 9.22. The Morgan fingerprint density at radius 1 is 1.53 bits per heavy atom. The van der Waals surface area contributed by atoms with Gasteiger partial charge in [0.1, 0.15) is 8.42 Å². The second kappa shape index (κ2) is 5.66. The topological polar surface area (TPSA) is 106 Å². The molecule has 1 atom stereocenters. The van der Waals surface area contributed by atoms with Crippen LogP contribution in [-0.2, 0) is 19.9 Å². The van der Waals surface area contributed by atoms with Gasteiger partial charge in [0.2, 0.25) is 10.0 Å². The maximum Gasteiger partial charge on any atom is 0.247 e. The Balaban J connectivity index is 0.00000180. The number of sulfone groups is 1. The fraction of sp³-hybridized carbons (Fsp3) is 0.556.